The Kier molecular flexibility index (Phi) is 5.74. The van der Waals surface area contributed by atoms with Gasteiger partial charge in [-0.3, -0.25) is 0 Å². The van der Waals surface area contributed by atoms with Gasteiger partial charge in [0.15, 0.2) is 5.58 Å². The van der Waals surface area contributed by atoms with E-state index in [1.165, 1.54) is 0 Å². The van der Waals surface area contributed by atoms with Gasteiger partial charge in [0.1, 0.15) is 26.2 Å². The third-order valence-corrected chi connectivity index (χ3v) is 4.46. The maximum atomic E-state index is 9.10. The van der Waals surface area contributed by atoms with Crippen LogP contribution in [0.25, 0.3) is 11.0 Å². The molecule has 2 aromatic carbocycles. The quantitative estimate of drug-likeness (QED) is 0.595. The van der Waals surface area contributed by atoms with E-state index in [1.807, 2.05) is 18.2 Å². The van der Waals surface area contributed by atoms with Crippen LogP contribution in [-0.4, -0.2) is 19.3 Å². The number of methoxy groups -OCH3 is 2. The first-order chi connectivity index (χ1) is 10.6. The predicted octanol–water partition coefficient (Wildman–Crippen LogP) is 5.37. The minimum absolute atomic E-state index is 0.194. The molecule has 0 aliphatic heterocycles. The van der Waals surface area contributed by atoms with Crippen LogP contribution < -0.4 is 9.47 Å². The summed E-state index contributed by atoms with van der Waals surface area (Å²) in [6, 6.07) is 10.9. The number of aromatic hydroxyl groups is 1. The van der Waals surface area contributed by atoms with Crippen LogP contribution >= 0.6 is 31.9 Å². The zero-order valence-electron chi connectivity index (χ0n) is 12.0. The number of phenols is 1. The van der Waals surface area contributed by atoms with E-state index < -0.39 is 0 Å². The van der Waals surface area contributed by atoms with Crippen LogP contribution in [0.5, 0.6) is 17.2 Å². The number of hydrogen-bond donors (Lipinski definition) is 1. The first kappa shape index (κ1) is 16.7. The maximum absolute atomic E-state index is 9.10. The van der Waals surface area contributed by atoms with Crippen molar-refractivity contribution in [1.82, 2.24) is 0 Å². The molecule has 0 aliphatic carbocycles. The molecule has 4 nitrogen and oxygen atoms in total. The van der Waals surface area contributed by atoms with Crippen molar-refractivity contribution in [3.05, 3.63) is 51.6 Å². The van der Waals surface area contributed by atoms with Crippen molar-refractivity contribution in [2.45, 2.75) is 0 Å². The normalized spacial score (nSPS) is 10.0. The molecule has 0 amide bonds. The zero-order chi connectivity index (χ0) is 16.1. The van der Waals surface area contributed by atoms with E-state index in [-0.39, 0.29) is 5.75 Å². The molecule has 0 unspecified atom stereocenters. The second kappa shape index (κ2) is 7.56. The molecular weight excluding hydrogens is 416 g/mol. The number of fused-ring (bicyclic) bond motifs is 1. The summed E-state index contributed by atoms with van der Waals surface area (Å²) >= 11 is 6.57. The fourth-order valence-corrected chi connectivity index (χ4v) is 2.84. The summed E-state index contributed by atoms with van der Waals surface area (Å²) in [5.74, 6) is 1.62. The van der Waals surface area contributed by atoms with Crippen LogP contribution in [0.2, 0.25) is 0 Å². The summed E-state index contributed by atoms with van der Waals surface area (Å²) in [6.07, 6.45) is 1.66. The molecule has 1 heterocycles. The molecule has 1 N–H and O–H groups in total. The zero-order valence-corrected chi connectivity index (χ0v) is 15.1. The summed E-state index contributed by atoms with van der Waals surface area (Å²) in [5, 5.41) is 10.2. The van der Waals surface area contributed by atoms with Gasteiger partial charge in [0.2, 0.25) is 0 Å². The minimum Gasteiger partial charge on any atom is -0.507 e. The molecule has 3 rings (SSSR count). The molecular formula is C16H14Br2O4. The van der Waals surface area contributed by atoms with Gasteiger partial charge in [-0.15, -0.1) is 0 Å². The number of rotatable bonds is 2. The molecule has 116 valence electrons. The fourth-order valence-electron chi connectivity index (χ4n) is 1.79. The number of halogens is 2. The third kappa shape index (κ3) is 3.56. The largest absolute Gasteiger partial charge is 0.507 e. The summed E-state index contributed by atoms with van der Waals surface area (Å²) in [5.41, 5.74) is 0.828. The Morgan fingerprint density at radius 1 is 0.909 bits per heavy atom. The molecule has 0 radical (unpaired) electrons. The molecule has 0 saturated carbocycles. The highest BCUT2D eigenvalue weighted by Gasteiger charge is 2.06. The predicted molar refractivity (Wildman–Crippen MR) is 92.8 cm³/mol. The second-order valence-corrected chi connectivity index (χ2v) is 5.80. The first-order valence-electron chi connectivity index (χ1n) is 6.29. The van der Waals surface area contributed by atoms with Gasteiger partial charge in [-0.05, 0) is 62.2 Å². The Bertz CT molecular complexity index is 768. The van der Waals surface area contributed by atoms with Crippen molar-refractivity contribution in [3.63, 3.8) is 0 Å². The average molecular weight is 430 g/mol. The molecule has 0 bridgehead atoms. The third-order valence-electron chi connectivity index (χ3n) is 2.91. The van der Waals surface area contributed by atoms with Crippen molar-refractivity contribution in [2.75, 3.05) is 14.2 Å². The lowest BCUT2D eigenvalue weighted by Crippen LogP contribution is -1.83. The lowest BCUT2D eigenvalue weighted by Gasteiger charge is -2.02. The average Bonchev–Trinajstić information content (AvgIpc) is 3.01. The van der Waals surface area contributed by atoms with Crippen molar-refractivity contribution in [1.29, 1.82) is 0 Å². The molecule has 0 saturated heterocycles. The number of benzene rings is 2. The van der Waals surface area contributed by atoms with Gasteiger partial charge in [0.05, 0.1) is 20.5 Å². The van der Waals surface area contributed by atoms with Crippen molar-refractivity contribution >= 4 is 42.8 Å². The van der Waals surface area contributed by atoms with Crippen molar-refractivity contribution in [2.24, 2.45) is 0 Å². The highest BCUT2D eigenvalue weighted by Crippen LogP contribution is 2.33. The van der Waals surface area contributed by atoms with Gasteiger partial charge < -0.3 is 19.0 Å². The Morgan fingerprint density at radius 2 is 1.59 bits per heavy atom. The Hall–Kier alpha value is -1.66. The Labute approximate surface area is 144 Å². The fraction of sp³-hybridized carbons (Fsp3) is 0.125. The Balaban J connectivity index is 0.000000164. The van der Waals surface area contributed by atoms with Crippen LogP contribution in [0.1, 0.15) is 0 Å². The van der Waals surface area contributed by atoms with Gasteiger partial charge in [-0.25, -0.2) is 0 Å². The van der Waals surface area contributed by atoms with E-state index in [2.05, 4.69) is 31.9 Å². The van der Waals surface area contributed by atoms with Crippen LogP contribution in [0, 0.1) is 0 Å². The van der Waals surface area contributed by atoms with Crippen LogP contribution in [0.4, 0.5) is 0 Å². The molecule has 0 fully saturated rings. The van der Waals surface area contributed by atoms with Crippen LogP contribution in [-0.2, 0) is 0 Å². The SMILES string of the molecule is COc1ccc2ccoc2c1Br.COc1cccc(O)c1Br. The van der Waals surface area contributed by atoms with Crippen LogP contribution in [0.15, 0.2) is 56.0 Å². The van der Waals surface area contributed by atoms with E-state index >= 15 is 0 Å². The molecule has 6 heteroatoms. The number of hydrogen-bond acceptors (Lipinski definition) is 4. The lowest BCUT2D eigenvalue weighted by molar-refractivity contribution is 0.403. The summed E-state index contributed by atoms with van der Waals surface area (Å²) < 4.78 is 16.8. The van der Waals surface area contributed by atoms with Gasteiger partial charge >= 0.3 is 0 Å². The van der Waals surface area contributed by atoms with Gasteiger partial charge in [0, 0.05) is 5.39 Å². The van der Waals surface area contributed by atoms with E-state index in [0.717, 1.165) is 21.2 Å². The van der Waals surface area contributed by atoms with Crippen molar-refractivity contribution in [3.8, 4) is 17.2 Å². The van der Waals surface area contributed by atoms with Crippen LogP contribution in [0.3, 0.4) is 0 Å². The summed E-state index contributed by atoms with van der Waals surface area (Å²) in [7, 11) is 3.19. The smallest absolute Gasteiger partial charge is 0.151 e. The minimum atomic E-state index is 0.194. The second-order valence-electron chi connectivity index (χ2n) is 4.21. The van der Waals surface area contributed by atoms with Gasteiger partial charge in [-0.1, -0.05) is 6.07 Å². The Morgan fingerprint density at radius 3 is 2.23 bits per heavy atom. The van der Waals surface area contributed by atoms with E-state index in [0.29, 0.717) is 10.2 Å². The molecule has 22 heavy (non-hydrogen) atoms. The van der Waals surface area contributed by atoms with E-state index in [9.17, 15) is 0 Å². The van der Waals surface area contributed by atoms with E-state index in [4.69, 9.17) is 19.0 Å². The van der Waals surface area contributed by atoms with Gasteiger partial charge in [0.25, 0.3) is 0 Å². The highest BCUT2D eigenvalue weighted by atomic mass is 79.9. The molecule has 0 atom stereocenters. The van der Waals surface area contributed by atoms with Crippen molar-refractivity contribution < 1.29 is 19.0 Å². The standard InChI is InChI=1S/C9H7BrO2.C7H7BrO2/c1-11-7-3-2-6-4-5-12-9(6)8(7)10;1-10-6-4-2-3-5(9)7(6)8/h2-5H,1H3;2-4,9H,1H3. The van der Waals surface area contributed by atoms with Gasteiger partial charge in [-0.2, -0.15) is 0 Å². The summed E-state index contributed by atoms with van der Waals surface area (Å²) in [6.45, 7) is 0. The highest BCUT2D eigenvalue weighted by molar-refractivity contribution is 9.11. The number of ether oxygens (including phenoxy) is 2. The first-order valence-corrected chi connectivity index (χ1v) is 7.88. The van der Waals surface area contributed by atoms with E-state index in [1.54, 1.807) is 38.7 Å². The molecule has 0 spiro atoms. The molecule has 3 aromatic rings. The number of furan rings is 1. The molecule has 0 aliphatic rings. The summed E-state index contributed by atoms with van der Waals surface area (Å²) in [4.78, 5) is 0. The lowest BCUT2D eigenvalue weighted by atomic mass is 10.2. The monoisotopic (exact) mass is 428 g/mol. The molecule has 1 aromatic heterocycles. The topological polar surface area (TPSA) is 51.8 Å². The maximum Gasteiger partial charge on any atom is 0.151 e. The number of phenolic OH excluding ortho intramolecular Hbond substituents is 1.